The predicted molar refractivity (Wildman–Crippen MR) is 97.4 cm³/mol. The van der Waals surface area contributed by atoms with Crippen LogP contribution in [0.2, 0.25) is 0 Å². The molecule has 0 spiro atoms. The van der Waals surface area contributed by atoms with Crippen LogP contribution in [0.1, 0.15) is 21.5 Å². The lowest BCUT2D eigenvalue weighted by atomic mass is 10.1. The first-order valence-corrected chi connectivity index (χ1v) is 8.45. The third-order valence-electron chi connectivity index (χ3n) is 3.57. The lowest BCUT2D eigenvalue weighted by Gasteiger charge is -2.04. The van der Waals surface area contributed by atoms with Gasteiger partial charge in [-0.15, -0.1) is 11.3 Å². The van der Waals surface area contributed by atoms with Crippen molar-refractivity contribution in [1.82, 2.24) is 4.98 Å². The van der Waals surface area contributed by atoms with E-state index in [0.29, 0.717) is 17.3 Å². The molecular weight excluding hydrogens is 320 g/mol. The van der Waals surface area contributed by atoms with Crippen LogP contribution >= 0.6 is 11.3 Å². The summed E-state index contributed by atoms with van der Waals surface area (Å²) in [5, 5.41) is 5.39. The number of methoxy groups -OCH3 is 1. The number of carbonyl (C=O) groups excluding carboxylic acids is 1. The summed E-state index contributed by atoms with van der Waals surface area (Å²) in [6, 6.07) is 15.6. The summed E-state index contributed by atoms with van der Waals surface area (Å²) in [6.45, 7) is 2.53. The number of aromatic nitrogens is 1. The molecule has 1 heterocycles. The van der Waals surface area contributed by atoms with E-state index in [1.807, 2.05) is 54.8 Å². The number of nitrogens with zero attached hydrogens (tertiary/aromatic N) is 1. The minimum Gasteiger partial charge on any atom is -0.380 e. The molecule has 1 N–H and O–H groups in total. The van der Waals surface area contributed by atoms with Gasteiger partial charge >= 0.3 is 0 Å². The number of hydrogen-bond acceptors (Lipinski definition) is 4. The van der Waals surface area contributed by atoms with Crippen LogP contribution in [-0.2, 0) is 11.3 Å². The van der Waals surface area contributed by atoms with E-state index >= 15 is 0 Å². The number of rotatable bonds is 5. The number of hydrogen-bond donors (Lipinski definition) is 1. The zero-order valence-corrected chi connectivity index (χ0v) is 14.4. The molecule has 5 heteroatoms. The number of nitrogens with one attached hydrogen (secondary N) is 1. The van der Waals surface area contributed by atoms with E-state index in [-0.39, 0.29) is 5.91 Å². The Hall–Kier alpha value is -2.50. The molecule has 1 aromatic heterocycles. The average molecular weight is 338 g/mol. The van der Waals surface area contributed by atoms with Crippen molar-refractivity contribution in [3.8, 4) is 11.3 Å². The lowest BCUT2D eigenvalue weighted by Crippen LogP contribution is -2.12. The molecular formula is C19H18N2O2S. The average Bonchev–Trinajstić information content (AvgIpc) is 3.04. The molecule has 0 fully saturated rings. The minimum absolute atomic E-state index is 0.169. The second-order valence-corrected chi connectivity index (χ2v) is 6.35. The maximum absolute atomic E-state index is 12.4. The standard InChI is InChI=1S/C19H18N2O2S/c1-13-6-8-15(9-7-13)17-12-24-19(20-17)21-18(22)16-5-3-4-14(10-16)11-23-2/h3-10,12H,11H2,1-2H3,(H,20,21,22). The van der Waals surface area contributed by atoms with Gasteiger partial charge < -0.3 is 4.74 Å². The van der Waals surface area contributed by atoms with E-state index in [1.165, 1.54) is 16.9 Å². The Morgan fingerprint density at radius 3 is 2.75 bits per heavy atom. The fraction of sp³-hybridized carbons (Fsp3) is 0.158. The molecule has 0 saturated heterocycles. The van der Waals surface area contributed by atoms with Crippen molar-refractivity contribution >= 4 is 22.4 Å². The van der Waals surface area contributed by atoms with Crippen LogP contribution in [0.25, 0.3) is 11.3 Å². The van der Waals surface area contributed by atoms with Crippen molar-refractivity contribution in [1.29, 1.82) is 0 Å². The molecule has 4 nitrogen and oxygen atoms in total. The van der Waals surface area contributed by atoms with Gasteiger partial charge in [0.05, 0.1) is 12.3 Å². The molecule has 0 aliphatic rings. The molecule has 0 saturated carbocycles. The van der Waals surface area contributed by atoms with Crippen LogP contribution in [0.15, 0.2) is 53.9 Å². The molecule has 1 amide bonds. The first kappa shape index (κ1) is 16.4. The first-order chi connectivity index (χ1) is 11.7. The van der Waals surface area contributed by atoms with Crippen LogP contribution in [0.3, 0.4) is 0 Å². The van der Waals surface area contributed by atoms with Gasteiger partial charge in [0.15, 0.2) is 5.13 Å². The Balaban J connectivity index is 1.73. The second-order valence-electron chi connectivity index (χ2n) is 5.49. The van der Waals surface area contributed by atoms with Crippen molar-refractivity contribution in [2.45, 2.75) is 13.5 Å². The number of amides is 1. The summed E-state index contributed by atoms with van der Waals surface area (Å²) in [5.74, 6) is -0.169. The van der Waals surface area contributed by atoms with Crippen LogP contribution in [0, 0.1) is 6.92 Å². The van der Waals surface area contributed by atoms with E-state index in [2.05, 4.69) is 10.3 Å². The van der Waals surface area contributed by atoms with Gasteiger partial charge in [0.2, 0.25) is 0 Å². The largest absolute Gasteiger partial charge is 0.380 e. The number of thiazole rings is 1. The highest BCUT2D eigenvalue weighted by molar-refractivity contribution is 7.14. The highest BCUT2D eigenvalue weighted by Crippen LogP contribution is 2.25. The van der Waals surface area contributed by atoms with Gasteiger partial charge in [-0.2, -0.15) is 0 Å². The summed E-state index contributed by atoms with van der Waals surface area (Å²) >= 11 is 1.42. The Kier molecular flexibility index (Phi) is 5.03. The SMILES string of the molecule is COCc1cccc(C(=O)Nc2nc(-c3ccc(C)cc3)cs2)c1. The van der Waals surface area contributed by atoms with Gasteiger partial charge in [-0.25, -0.2) is 4.98 Å². The Morgan fingerprint density at radius 2 is 2.00 bits per heavy atom. The van der Waals surface area contributed by atoms with E-state index in [1.54, 1.807) is 13.2 Å². The van der Waals surface area contributed by atoms with E-state index < -0.39 is 0 Å². The molecule has 0 radical (unpaired) electrons. The summed E-state index contributed by atoms with van der Waals surface area (Å²) < 4.78 is 5.10. The molecule has 0 atom stereocenters. The number of ether oxygens (including phenoxy) is 1. The number of aryl methyl sites for hydroxylation is 1. The highest BCUT2D eigenvalue weighted by atomic mass is 32.1. The van der Waals surface area contributed by atoms with Crippen LogP contribution < -0.4 is 5.32 Å². The van der Waals surface area contributed by atoms with Crippen molar-refractivity contribution in [2.75, 3.05) is 12.4 Å². The molecule has 3 rings (SSSR count). The maximum atomic E-state index is 12.4. The van der Waals surface area contributed by atoms with E-state index in [9.17, 15) is 4.79 Å². The summed E-state index contributed by atoms with van der Waals surface area (Å²) in [4.78, 5) is 16.9. The van der Waals surface area contributed by atoms with Gasteiger partial charge in [-0.1, -0.05) is 42.0 Å². The number of carbonyl (C=O) groups is 1. The molecule has 0 unspecified atom stereocenters. The quantitative estimate of drug-likeness (QED) is 0.744. The zero-order chi connectivity index (χ0) is 16.9. The normalized spacial score (nSPS) is 10.6. The Bertz CT molecular complexity index is 841. The molecule has 2 aromatic carbocycles. The lowest BCUT2D eigenvalue weighted by molar-refractivity contribution is 0.102. The zero-order valence-electron chi connectivity index (χ0n) is 13.6. The van der Waals surface area contributed by atoms with Gasteiger partial charge in [0, 0.05) is 23.6 Å². The number of anilines is 1. The van der Waals surface area contributed by atoms with Crippen LogP contribution in [-0.4, -0.2) is 18.0 Å². The van der Waals surface area contributed by atoms with Crippen molar-refractivity contribution < 1.29 is 9.53 Å². The summed E-state index contributed by atoms with van der Waals surface area (Å²) in [7, 11) is 1.63. The van der Waals surface area contributed by atoms with Crippen molar-refractivity contribution in [2.24, 2.45) is 0 Å². The third-order valence-corrected chi connectivity index (χ3v) is 4.33. The van der Waals surface area contributed by atoms with Crippen LogP contribution in [0.5, 0.6) is 0 Å². The van der Waals surface area contributed by atoms with E-state index in [0.717, 1.165) is 16.8 Å². The third kappa shape index (κ3) is 3.88. The molecule has 24 heavy (non-hydrogen) atoms. The van der Waals surface area contributed by atoms with Gasteiger partial charge in [0.1, 0.15) is 0 Å². The monoisotopic (exact) mass is 338 g/mol. The smallest absolute Gasteiger partial charge is 0.257 e. The molecule has 0 aliphatic carbocycles. The Morgan fingerprint density at radius 1 is 1.21 bits per heavy atom. The highest BCUT2D eigenvalue weighted by Gasteiger charge is 2.10. The predicted octanol–water partition coefficient (Wildman–Crippen LogP) is 4.52. The Labute approximate surface area is 145 Å². The van der Waals surface area contributed by atoms with E-state index in [4.69, 9.17) is 4.74 Å². The van der Waals surface area contributed by atoms with Crippen molar-refractivity contribution in [3.05, 3.63) is 70.6 Å². The topological polar surface area (TPSA) is 51.2 Å². The first-order valence-electron chi connectivity index (χ1n) is 7.57. The van der Waals surface area contributed by atoms with Crippen LogP contribution in [0.4, 0.5) is 5.13 Å². The fourth-order valence-corrected chi connectivity index (χ4v) is 3.04. The molecule has 0 aliphatic heterocycles. The number of benzene rings is 2. The fourth-order valence-electron chi connectivity index (χ4n) is 2.33. The van der Waals surface area contributed by atoms with Gasteiger partial charge in [-0.3, -0.25) is 10.1 Å². The molecule has 122 valence electrons. The summed E-state index contributed by atoms with van der Waals surface area (Å²) in [5.41, 5.74) is 4.67. The van der Waals surface area contributed by atoms with Gasteiger partial charge in [0.25, 0.3) is 5.91 Å². The second kappa shape index (κ2) is 7.38. The molecule has 0 bridgehead atoms. The summed E-state index contributed by atoms with van der Waals surface area (Å²) in [6.07, 6.45) is 0. The minimum atomic E-state index is -0.169. The molecule has 3 aromatic rings. The van der Waals surface area contributed by atoms with Gasteiger partial charge in [-0.05, 0) is 24.6 Å². The van der Waals surface area contributed by atoms with Crippen molar-refractivity contribution in [3.63, 3.8) is 0 Å². The maximum Gasteiger partial charge on any atom is 0.257 e.